The van der Waals surface area contributed by atoms with Crippen LogP contribution in [0.1, 0.15) is 5.56 Å². The number of hydrogen-bond donors (Lipinski definition) is 2. The number of nitrogens with one attached hydrogen (secondary N) is 1. The van der Waals surface area contributed by atoms with E-state index in [9.17, 15) is 24.1 Å². The first-order valence-electron chi connectivity index (χ1n) is 6.97. The Hall–Kier alpha value is -3.29. The van der Waals surface area contributed by atoms with Gasteiger partial charge in [-0.2, -0.15) is 0 Å². The van der Waals surface area contributed by atoms with Crippen molar-refractivity contribution in [3.63, 3.8) is 0 Å². The molecule has 24 heavy (non-hydrogen) atoms. The van der Waals surface area contributed by atoms with Gasteiger partial charge in [0.25, 0.3) is 5.69 Å². The molecule has 2 aromatic carbocycles. The topological polar surface area (TPSA) is 110 Å². The summed E-state index contributed by atoms with van der Waals surface area (Å²) in [4.78, 5) is 33.6. The lowest BCUT2D eigenvalue weighted by atomic mass is 9.90. The van der Waals surface area contributed by atoms with Gasteiger partial charge in [0, 0.05) is 6.07 Å². The Morgan fingerprint density at radius 3 is 2.71 bits per heavy atom. The predicted molar refractivity (Wildman–Crippen MR) is 81.9 cm³/mol. The summed E-state index contributed by atoms with van der Waals surface area (Å²) in [6.45, 7) is 0. The highest BCUT2D eigenvalue weighted by atomic mass is 19.1. The van der Waals surface area contributed by atoms with Crippen molar-refractivity contribution in [1.29, 1.82) is 0 Å². The number of hydrogen-bond acceptors (Lipinski definition) is 4. The first-order valence-corrected chi connectivity index (χ1v) is 6.97. The van der Waals surface area contributed by atoms with Crippen molar-refractivity contribution in [2.75, 3.05) is 5.32 Å². The maximum Gasteiger partial charge on any atom is 0.316 e. The van der Waals surface area contributed by atoms with Crippen molar-refractivity contribution in [2.24, 2.45) is 5.92 Å². The number of nitro groups is 1. The summed E-state index contributed by atoms with van der Waals surface area (Å²) >= 11 is 0. The SMILES string of the molecule is O=C(O)C1Cc2cc(-c3cccc(F)c3)c([N+](=O)[O-])cc2NC1=O. The summed E-state index contributed by atoms with van der Waals surface area (Å²) in [6, 6.07) is 7.92. The van der Waals surface area contributed by atoms with Crippen LogP contribution in [0, 0.1) is 21.8 Å². The molecule has 1 heterocycles. The van der Waals surface area contributed by atoms with Crippen molar-refractivity contribution in [3.05, 3.63) is 57.9 Å². The molecule has 0 aromatic heterocycles. The van der Waals surface area contributed by atoms with E-state index < -0.39 is 28.5 Å². The van der Waals surface area contributed by atoms with Crippen LogP contribution in [0.2, 0.25) is 0 Å². The lowest BCUT2D eigenvalue weighted by molar-refractivity contribution is -0.384. The summed E-state index contributed by atoms with van der Waals surface area (Å²) in [5.41, 5.74) is 0.816. The first-order chi connectivity index (χ1) is 11.4. The molecular formula is C16H11FN2O5. The molecule has 1 aliphatic rings. The zero-order valence-electron chi connectivity index (χ0n) is 12.2. The number of carbonyl (C=O) groups is 2. The lowest BCUT2D eigenvalue weighted by Gasteiger charge is -2.22. The monoisotopic (exact) mass is 330 g/mol. The predicted octanol–water partition coefficient (Wildman–Crippen LogP) is 2.60. The number of rotatable bonds is 3. The van der Waals surface area contributed by atoms with Gasteiger partial charge in [0.05, 0.1) is 16.2 Å². The molecule has 1 amide bonds. The van der Waals surface area contributed by atoms with Crippen molar-refractivity contribution in [1.82, 2.24) is 0 Å². The first kappa shape index (κ1) is 15.6. The molecule has 1 atom stereocenters. The Bertz CT molecular complexity index is 881. The van der Waals surface area contributed by atoms with Crippen LogP contribution in [0.3, 0.4) is 0 Å². The standard InChI is InChI=1S/C16H11FN2O5/c17-10-3-1-2-8(4-10)11-5-9-6-12(16(21)22)15(20)18-13(9)7-14(11)19(23)24/h1-5,7,12H,6H2,(H,18,20)(H,21,22). The largest absolute Gasteiger partial charge is 0.481 e. The van der Waals surface area contributed by atoms with Crippen molar-refractivity contribution in [2.45, 2.75) is 6.42 Å². The minimum Gasteiger partial charge on any atom is -0.481 e. The molecule has 0 saturated heterocycles. The molecule has 1 aliphatic heterocycles. The van der Waals surface area contributed by atoms with Gasteiger partial charge in [-0.15, -0.1) is 0 Å². The van der Waals surface area contributed by atoms with E-state index in [2.05, 4.69) is 5.32 Å². The van der Waals surface area contributed by atoms with E-state index in [4.69, 9.17) is 5.11 Å². The Morgan fingerprint density at radius 2 is 2.08 bits per heavy atom. The van der Waals surface area contributed by atoms with Crippen LogP contribution in [-0.2, 0) is 16.0 Å². The van der Waals surface area contributed by atoms with E-state index in [0.29, 0.717) is 11.1 Å². The van der Waals surface area contributed by atoms with E-state index in [-0.39, 0.29) is 23.4 Å². The molecular weight excluding hydrogens is 319 g/mol. The minimum atomic E-state index is -1.27. The number of nitro benzene ring substituents is 1. The van der Waals surface area contributed by atoms with Crippen LogP contribution < -0.4 is 5.32 Å². The van der Waals surface area contributed by atoms with Gasteiger partial charge >= 0.3 is 5.97 Å². The Balaban J connectivity index is 2.17. The van der Waals surface area contributed by atoms with E-state index in [0.717, 1.165) is 6.07 Å². The second-order valence-corrected chi connectivity index (χ2v) is 5.38. The van der Waals surface area contributed by atoms with Crippen LogP contribution in [0.15, 0.2) is 36.4 Å². The third-order valence-electron chi connectivity index (χ3n) is 3.85. The smallest absolute Gasteiger partial charge is 0.316 e. The number of halogens is 1. The molecule has 7 nitrogen and oxygen atoms in total. The molecule has 1 unspecified atom stereocenters. The summed E-state index contributed by atoms with van der Waals surface area (Å²) < 4.78 is 13.4. The Kier molecular flexibility index (Phi) is 3.72. The van der Waals surface area contributed by atoms with Gasteiger partial charge in [-0.1, -0.05) is 12.1 Å². The molecule has 8 heteroatoms. The number of anilines is 1. The van der Waals surface area contributed by atoms with Crippen molar-refractivity contribution in [3.8, 4) is 11.1 Å². The maximum absolute atomic E-state index is 13.4. The van der Waals surface area contributed by atoms with E-state index in [1.165, 1.54) is 30.3 Å². The average Bonchev–Trinajstić information content (AvgIpc) is 2.52. The third-order valence-corrected chi connectivity index (χ3v) is 3.85. The van der Waals surface area contributed by atoms with E-state index >= 15 is 0 Å². The van der Waals surface area contributed by atoms with Crippen LogP contribution in [-0.4, -0.2) is 21.9 Å². The molecule has 2 N–H and O–H groups in total. The summed E-state index contributed by atoms with van der Waals surface area (Å²) in [7, 11) is 0. The molecule has 3 rings (SSSR count). The van der Waals surface area contributed by atoms with Gasteiger partial charge in [0.1, 0.15) is 11.7 Å². The number of carboxylic acids is 1. The fourth-order valence-electron chi connectivity index (χ4n) is 2.69. The van der Waals surface area contributed by atoms with Crippen LogP contribution in [0.5, 0.6) is 0 Å². The Labute approximate surface area is 134 Å². The fourth-order valence-corrected chi connectivity index (χ4v) is 2.69. The van der Waals surface area contributed by atoms with Gasteiger partial charge in [0.15, 0.2) is 0 Å². The molecule has 0 bridgehead atoms. The number of benzene rings is 2. The average molecular weight is 330 g/mol. The molecule has 0 aliphatic carbocycles. The third kappa shape index (κ3) is 2.69. The zero-order chi connectivity index (χ0) is 17.4. The summed E-state index contributed by atoms with van der Waals surface area (Å²) in [5, 5.41) is 22.8. The van der Waals surface area contributed by atoms with E-state index in [1.807, 2.05) is 0 Å². The van der Waals surface area contributed by atoms with Gasteiger partial charge in [-0.25, -0.2) is 4.39 Å². The molecule has 0 saturated carbocycles. The Morgan fingerprint density at radius 1 is 1.33 bits per heavy atom. The highest BCUT2D eigenvalue weighted by Gasteiger charge is 2.33. The second kappa shape index (κ2) is 5.73. The summed E-state index contributed by atoms with van der Waals surface area (Å²) in [5.74, 6) is -3.80. The van der Waals surface area contributed by atoms with Crippen LogP contribution in [0.25, 0.3) is 11.1 Å². The van der Waals surface area contributed by atoms with E-state index in [1.54, 1.807) is 0 Å². The van der Waals surface area contributed by atoms with Gasteiger partial charge < -0.3 is 10.4 Å². The van der Waals surface area contributed by atoms with Crippen molar-refractivity contribution < 1.29 is 24.0 Å². The normalized spacial score (nSPS) is 16.2. The number of carboxylic acid groups (broad SMARTS) is 1. The number of carbonyl (C=O) groups excluding carboxylic acids is 1. The second-order valence-electron chi connectivity index (χ2n) is 5.38. The minimum absolute atomic E-state index is 0.0865. The maximum atomic E-state index is 13.4. The zero-order valence-corrected chi connectivity index (χ0v) is 12.2. The number of amides is 1. The highest BCUT2D eigenvalue weighted by Crippen LogP contribution is 2.38. The number of fused-ring (bicyclic) bond motifs is 1. The van der Waals surface area contributed by atoms with Crippen LogP contribution in [0.4, 0.5) is 15.8 Å². The molecule has 0 radical (unpaired) electrons. The lowest BCUT2D eigenvalue weighted by Crippen LogP contribution is -2.35. The summed E-state index contributed by atoms with van der Waals surface area (Å²) in [6.07, 6.45) is -0.0865. The number of nitrogens with zero attached hydrogens (tertiary/aromatic N) is 1. The van der Waals surface area contributed by atoms with Gasteiger partial charge in [-0.3, -0.25) is 19.7 Å². The van der Waals surface area contributed by atoms with Crippen LogP contribution >= 0.6 is 0 Å². The van der Waals surface area contributed by atoms with Gasteiger partial charge in [0.2, 0.25) is 5.91 Å². The molecule has 0 spiro atoms. The molecule has 0 fully saturated rings. The van der Waals surface area contributed by atoms with Gasteiger partial charge in [-0.05, 0) is 35.7 Å². The quantitative estimate of drug-likeness (QED) is 0.511. The fraction of sp³-hybridized carbons (Fsp3) is 0.125. The molecule has 2 aromatic rings. The number of aliphatic carboxylic acids is 1. The molecule has 122 valence electrons. The van der Waals surface area contributed by atoms with Crippen molar-refractivity contribution >= 4 is 23.3 Å². The highest BCUT2D eigenvalue weighted by molar-refractivity contribution is 6.07.